The lowest BCUT2D eigenvalue weighted by atomic mass is 9.98. The summed E-state index contributed by atoms with van der Waals surface area (Å²) in [5.41, 5.74) is 0. The van der Waals surface area contributed by atoms with E-state index in [-0.39, 0.29) is 6.04 Å². The predicted molar refractivity (Wildman–Crippen MR) is 54.7 cm³/mol. The van der Waals surface area contributed by atoms with Crippen molar-refractivity contribution in [3.05, 3.63) is 12.7 Å². The standard InChI is InChI=1S/C11H19NO/c1-2-6-10-7-4-3-5-8-11(9-13)12-10/h2,9-12H,1,3-8H2. The normalized spacial score (nSPS) is 30.2. The van der Waals surface area contributed by atoms with Gasteiger partial charge in [0.2, 0.25) is 0 Å². The Morgan fingerprint density at radius 2 is 2.08 bits per heavy atom. The van der Waals surface area contributed by atoms with E-state index in [0.717, 1.165) is 19.1 Å². The smallest absolute Gasteiger partial charge is 0.136 e. The zero-order valence-electron chi connectivity index (χ0n) is 8.17. The van der Waals surface area contributed by atoms with Crippen LogP contribution in [0.5, 0.6) is 0 Å². The first kappa shape index (κ1) is 10.5. The molecule has 2 atom stereocenters. The minimum Gasteiger partial charge on any atom is -0.305 e. The number of carbonyl (C=O) groups excluding carboxylic acids is 1. The fourth-order valence-corrected chi connectivity index (χ4v) is 1.90. The molecule has 1 heterocycles. The molecule has 0 aromatic carbocycles. The molecule has 0 aromatic rings. The Morgan fingerprint density at radius 3 is 2.77 bits per heavy atom. The van der Waals surface area contributed by atoms with Gasteiger partial charge in [-0.2, -0.15) is 0 Å². The maximum atomic E-state index is 10.7. The molecule has 13 heavy (non-hydrogen) atoms. The van der Waals surface area contributed by atoms with Crippen LogP contribution in [0.1, 0.15) is 38.5 Å². The minimum absolute atomic E-state index is 0.0743. The number of rotatable bonds is 3. The van der Waals surface area contributed by atoms with Crippen LogP contribution in [-0.2, 0) is 4.79 Å². The second-order valence-corrected chi connectivity index (χ2v) is 3.77. The van der Waals surface area contributed by atoms with Gasteiger partial charge in [-0.3, -0.25) is 0 Å². The van der Waals surface area contributed by atoms with E-state index in [0.29, 0.717) is 6.04 Å². The Balaban J connectivity index is 2.41. The molecule has 0 saturated carbocycles. The van der Waals surface area contributed by atoms with Gasteiger partial charge < -0.3 is 10.1 Å². The number of hydrogen-bond acceptors (Lipinski definition) is 2. The quantitative estimate of drug-likeness (QED) is 0.533. The van der Waals surface area contributed by atoms with E-state index in [4.69, 9.17) is 0 Å². The predicted octanol–water partition coefficient (Wildman–Crippen LogP) is 2.05. The van der Waals surface area contributed by atoms with Crippen LogP contribution >= 0.6 is 0 Å². The highest BCUT2D eigenvalue weighted by Crippen LogP contribution is 2.14. The highest BCUT2D eigenvalue weighted by molar-refractivity contribution is 5.57. The van der Waals surface area contributed by atoms with Gasteiger partial charge in [-0.15, -0.1) is 6.58 Å². The summed E-state index contributed by atoms with van der Waals surface area (Å²) in [6.45, 7) is 3.73. The highest BCUT2D eigenvalue weighted by Gasteiger charge is 2.15. The third kappa shape index (κ3) is 3.73. The molecule has 2 nitrogen and oxygen atoms in total. The molecule has 1 rings (SSSR count). The van der Waals surface area contributed by atoms with Crippen molar-refractivity contribution in [2.45, 2.75) is 50.6 Å². The first-order chi connectivity index (χ1) is 6.36. The molecule has 1 aliphatic heterocycles. The van der Waals surface area contributed by atoms with Crippen LogP contribution in [-0.4, -0.2) is 18.4 Å². The van der Waals surface area contributed by atoms with Crippen molar-refractivity contribution in [1.82, 2.24) is 5.32 Å². The Hall–Kier alpha value is -0.630. The Bertz CT molecular complexity index is 167. The molecule has 0 spiro atoms. The third-order valence-electron chi connectivity index (χ3n) is 2.63. The maximum Gasteiger partial charge on any atom is 0.136 e. The number of hydrogen-bond donors (Lipinski definition) is 1. The number of aldehydes is 1. The van der Waals surface area contributed by atoms with Gasteiger partial charge in [0, 0.05) is 6.04 Å². The summed E-state index contributed by atoms with van der Waals surface area (Å²) >= 11 is 0. The molecule has 2 heteroatoms. The summed E-state index contributed by atoms with van der Waals surface area (Å²) in [5, 5.41) is 3.37. The Labute approximate surface area is 80.4 Å². The fourth-order valence-electron chi connectivity index (χ4n) is 1.90. The van der Waals surface area contributed by atoms with Crippen molar-refractivity contribution in [2.24, 2.45) is 0 Å². The summed E-state index contributed by atoms with van der Waals surface area (Å²) in [4.78, 5) is 10.7. The van der Waals surface area contributed by atoms with Crippen molar-refractivity contribution in [3.63, 3.8) is 0 Å². The van der Waals surface area contributed by atoms with Gasteiger partial charge >= 0.3 is 0 Å². The average Bonchev–Trinajstić information content (AvgIpc) is 2.09. The van der Waals surface area contributed by atoms with Crippen LogP contribution in [0.4, 0.5) is 0 Å². The van der Waals surface area contributed by atoms with Gasteiger partial charge in [-0.25, -0.2) is 0 Å². The van der Waals surface area contributed by atoms with Gasteiger partial charge in [-0.1, -0.05) is 25.3 Å². The van der Waals surface area contributed by atoms with E-state index in [9.17, 15) is 4.79 Å². The molecular weight excluding hydrogens is 162 g/mol. The van der Waals surface area contributed by atoms with Gasteiger partial charge in [0.15, 0.2) is 0 Å². The van der Waals surface area contributed by atoms with Gasteiger partial charge in [0.1, 0.15) is 6.29 Å². The van der Waals surface area contributed by atoms with Crippen molar-refractivity contribution < 1.29 is 4.79 Å². The topological polar surface area (TPSA) is 29.1 Å². The number of carbonyl (C=O) groups is 1. The lowest BCUT2D eigenvalue weighted by Crippen LogP contribution is -2.40. The Morgan fingerprint density at radius 1 is 1.31 bits per heavy atom. The molecule has 0 amide bonds. The van der Waals surface area contributed by atoms with Crippen molar-refractivity contribution in [1.29, 1.82) is 0 Å². The molecule has 0 bridgehead atoms. The SMILES string of the molecule is C=CCC1CCCCCC(C=O)N1. The van der Waals surface area contributed by atoms with Gasteiger partial charge in [0.25, 0.3) is 0 Å². The Kier molecular flexibility index (Phi) is 4.76. The first-order valence-corrected chi connectivity index (χ1v) is 5.19. The van der Waals surface area contributed by atoms with E-state index in [1.165, 1.54) is 25.7 Å². The average molecular weight is 181 g/mol. The van der Waals surface area contributed by atoms with Crippen LogP contribution in [0.3, 0.4) is 0 Å². The molecule has 0 radical (unpaired) electrons. The lowest BCUT2D eigenvalue weighted by molar-refractivity contribution is -0.110. The molecular formula is C11H19NO. The summed E-state index contributed by atoms with van der Waals surface area (Å²) in [6, 6.07) is 0.540. The molecule has 0 aliphatic carbocycles. The summed E-state index contributed by atoms with van der Waals surface area (Å²) in [7, 11) is 0. The number of nitrogens with one attached hydrogen (secondary N) is 1. The molecule has 1 aliphatic rings. The second-order valence-electron chi connectivity index (χ2n) is 3.77. The lowest BCUT2D eigenvalue weighted by Gasteiger charge is -2.24. The summed E-state index contributed by atoms with van der Waals surface area (Å²) in [6.07, 6.45) is 9.84. The van der Waals surface area contributed by atoms with Crippen LogP contribution in [0.15, 0.2) is 12.7 Å². The zero-order chi connectivity index (χ0) is 9.52. The van der Waals surface area contributed by atoms with E-state index < -0.39 is 0 Å². The fraction of sp³-hybridized carbons (Fsp3) is 0.727. The van der Waals surface area contributed by atoms with Crippen molar-refractivity contribution in [2.75, 3.05) is 0 Å². The largest absolute Gasteiger partial charge is 0.305 e. The van der Waals surface area contributed by atoms with Gasteiger partial charge in [-0.05, 0) is 19.3 Å². The molecule has 74 valence electrons. The van der Waals surface area contributed by atoms with E-state index in [1.807, 2.05) is 6.08 Å². The van der Waals surface area contributed by atoms with Crippen LogP contribution < -0.4 is 5.32 Å². The van der Waals surface area contributed by atoms with Crippen molar-refractivity contribution >= 4 is 6.29 Å². The third-order valence-corrected chi connectivity index (χ3v) is 2.63. The van der Waals surface area contributed by atoms with E-state index in [1.54, 1.807) is 0 Å². The molecule has 2 unspecified atom stereocenters. The second kappa shape index (κ2) is 5.92. The first-order valence-electron chi connectivity index (χ1n) is 5.19. The van der Waals surface area contributed by atoms with Crippen LogP contribution in [0, 0.1) is 0 Å². The molecule has 1 N–H and O–H groups in total. The highest BCUT2D eigenvalue weighted by atomic mass is 16.1. The summed E-state index contributed by atoms with van der Waals surface area (Å²) in [5.74, 6) is 0. The van der Waals surface area contributed by atoms with Crippen LogP contribution in [0.2, 0.25) is 0 Å². The molecule has 1 saturated heterocycles. The van der Waals surface area contributed by atoms with Gasteiger partial charge in [0.05, 0.1) is 6.04 Å². The van der Waals surface area contributed by atoms with Crippen molar-refractivity contribution in [3.8, 4) is 0 Å². The molecule has 1 fully saturated rings. The molecule has 0 aromatic heterocycles. The zero-order valence-corrected chi connectivity index (χ0v) is 8.17. The summed E-state index contributed by atoms with van der Waals surface area (Å²) < 4.78 is 0. The minimum atomic E-state index is 0.0743. The van der Waals surface area contributed by atoms with E-state index >= 15 is 0 Å². The van der Waals surface area contributed by atoms with E-state index in [2.05, 4.69) is 11.9 Å². The van der Waals surface area contributed by atoms with Crippen LogP contribution in [0.25, 0.3) is 0 Å². The monoisotopic (exact) mass is 181 g/mol. The maximum absolute atomic E-state index is 10.7.